The molecule has 2 aromatic rings. The van der Waals surface area contributed by atoms with Crippen LogP contribution in [0.4, 0.5) is 0 Å². The fourth-order valence-corrected chi connectivity index (χ4v) is 3.31. The lowest BCUT2D eigenvalue weighted by Crippen LogP contribution is -2.40. The number of carbonyl (C=O) groups is 1. The molecule has 0 radical (unpaired) electrons. The first-order valence-corrected chi connectivity index (χ1v) is 8.32. The molecule has 1 aliphatic carbocycles. The van der Waals surface area contributed by atoms with Crippen molar-refractivity contribution < 1.29 is 14.6 Å². The summed E-state index contributed by atoms with van der Waals surface area (Å²) in [6.07, 6.45) is 3.00. The minimum Gasteiger partial charge on any atom is -0.493 e. The third-order valence-corrected chi connectivity index (χ3v) is 4.40. The van der Waals surface area contributed by atoms with Gasteiger partial charge in [-0.1, -0.05) is 30.3 Å². The van der Waals surface area contributed by atoms with E-state index in [1.165, 1.54) is 0 Å². The van der Waals surface area contributed by atoms with E-state index in [0.717, 1.165) is 30.0 Å². The maximum absolute atomic E-state index is 12.9. The molecule has 0 spiro atoms. The molecule has 0 saturated heterocycles. The number of hydrogen-bond donors (Lipinski definition) is 2. The summed E-state index contributed by atoms with van der Waals surface area (Å²) in [7, 11) is 0. The Labute approximate surface area is 136 Å². The molecule has 0 heterocycles. The lowest BCUT2D eigenvalue weighted by atomic mass is 9.92. The lowest BCUT2D eigenvalue weighted by molar-refractivity contribution is 0.0848. The van der Waals surface area contributed by atoms with Crippen molar-refractivity contribution in [3.63, 3.8) is 0 Å². The van der Waals surface area contributed by atoms with Crippen molar-refractivity contribution in [1.82, 2.24) is 5.32 Å². The summed E-state index contributed by atoms with van der Waals surface area (Å²) in [5.74, 6) is 0.490. The van der Waals surface area contributed by atoms with Crippen LogP contribution >= 0.6 is 0 Å². The van der Waals surface area contributed by atoms with Crippen molar-refractivity contribution in [2.45, 2.75) is 44.8 Å². The van der Waals surface area contributed by atoms with Gasteiger partial charge in [0.15, 0.2) is 0 Å². The fourth-order valence-electron chi connectivity index (χ4n) is 3.31. The highest BCUT2D eigenvalue weighted by molar-refractivity contribution is 6.09. The predicted molar refractivity (Wildman–Crippen MR) is 90.8 cm³/mol. The number of aliphatic hydroxyl groups excluding tert-OH is 1. The van der Waals surface area contributed by atoms with Crippen LogP contribution in [-0.2, 0) is 0 Å². The number of rotatable bonds is 4. The highest BCUT2D eigenvalue weighted by atomic mass is 16.5. The van der Waals surface area contributed by atoms with Crippen LogP contribution < -0.4 is 10.1 Å². The molecule has 2 aromatic carbocycles. The molecule has 2 N–H and O–H groups in total. The first-order chi connectivity index (χ1) is 11.2. The molecule has 23 heavy (non-hydrogen) atoms. The van der Waals surface area contributed by atoms with Gasteiger partial charge in [0.25, 0.3) is 5.91 Å². The lowest BCUT2D eigenvalue weighted by Gasteiger charge is -2.27. The van der Waals surface area contributed by atoms with E-state index >= 15 is 0 Å². The number of aliphatic hydroxyl groups is 1. The van der Waals surface area contributed by atoms with Gasteiger partial charge in [-0.15, -0.1) is 0 Å². The monoisotopic (exact) mass is 313 g/mol. The van der Waals surface area contributed by atoms with Gasteiger partial charge in [0.1, 0.15) is 5.75 Å². The van der Waals surface area contributed by atoms with E-state index in [1.54, 1.807) is 0 Å². The Balaban J connectivity index is 1.92. The van der Waals surface area contributed by atoms with Crippen LogP contribution in [0.3, 0.4) is 0 Å². The molecule has 0 bridgehead atoms. The standard InChI is InChI=1S/C19H23NO3/c1-2-23-17-11-10-13-6-3-4-9-16(13)18(17)19(22)20-14-7-5-8-15(21)12-14/h3-4,6,9-11,14-15,21H,2,5,7-8,12H2,1H3,(H,20,22)/t14-,15+/m0/s1. The van der Waals surface area contributed by atoms with Crippen LogP contribution in [0, 0.1) is 0 Å². The SMILES string of the molecule is CCOc1ccc2ccccc2c1C(=O)N[C@H]1CCC[C@@H](O)C1. The Hall–Kier alpha value is -2.07. The first-order valence-electron chi connectivity index (χ1n) is 8.32. The fraction of sp³-hybridized carbons (Fsp3) is 0.421. The summed E-state index contributed by atoms with van der Waals surface area (Å²) < 4.78 is 5.67. The number of ether oxygens (including phenoxy) is 1. The Morgan fingerprint density at radius 1 is 1.26 bits per heavy atom. The number of hydrogen-bond acceptors (Lipinski definition) is 3. The third-order valence-electron chi connectivity index (χ3n) is 4.40. The Kier molecular flexibility index (Phi) is 4.82. The molecule has 0 aromatic heterocycles. The second-order valence-corrected chi connectivity index (χ2v) is 6.08. The normalized spacial score (nSPS) is 21.1. The van der Waals surface area contributed by atoms with Crippen LogP contribution in [0.2, 0.25) is 0 Å². The van der Waals surface area contributed by atoms with E-state index in [0.29, 0.717) is 24.3 Å². The van der Waals surface area contributed by atoms with E-state index in [2.05, 4.69) is 5.32 Å². The minimum atomic E-state index is -0.312. The third kappa shape index (κ3) is 3.48. The summed E-state index contributed by atoms with van der Waals surface area (Å²) in [5.41, 5.74) is 0.588. The van der Waals surface area contributed by atoms with Gasteiger partial charge >= 0.3 is 0 Å². The van der Waals surface area contributed by atoms with Gasteiger partial charge in [-0.05, 0) is 49.4 Å². The van der Waals surface area contributed by atoms with Gasteiger partial charge in [-0.25, -0.2) is 0 Å². The van der Waals surface area contributed by atoms with Gasteiger partial charge in [0, 0.05) is 6.04 Å². The van der Waals surface area contributed by atoms with Crippen LogP contribution in [0.15, 0.2) is 36.4 Å². The summed E-state index contributed by atoms with van der Waals surface area (Å²) in [5, 5.41) is 14.8. The average Bonchev–Trinajstić information content (AvgIpc) is 2.54. The Bertz CT molecular complexity index is 698. The zero-order valence-corrected chi connectivity index (χ0v) is 13.4. The van der Waals surface area contributed by atoms with Crippen molar-refractivity contribution in [2.75, 3.05) is 6.61 Å². The molecule has 4 nitrogen and oxygen atoms in total. The first kappa shape index (κ1) is 15.8. The molecule has 2 atom stereocenters. The number of carbonyl (C=O) groups excluding carboxylic acids is 1. The number of nitrogens with one attached hydrogen (secondary N) is 1. The summed E-state index contributed by atoms with van der Waals surface area (Å²) in [4.78, 5) is 12.9. The molecule has 4 heteroatoms. The molecule has 1 fully saturated rings. The van der Waals surface area contributed by atoms with Crippen LogP contribution in [-0.4, -0.2) is 29.8 Å². The Morgan fingerprint density at radius 3 is 2.87 bits per heavy atom. The summed E-state index contributed by atoms with van der Waals surface area (Å²) in [6, 6.07) is 11.7. The summed E-state index contributed by atoms with van der Waals surface area (Å²) >= 11 is 0. The van der Waals surface area contributed by atoms with E-state index in [-0.39, 0.29) is 18.1 Å². The second-order valence-electron chi connectivity index (χ2n) is 6.08. The average molecular weight is 313 g/mol. The molecular formula is C19H23NO3. The predicted octanol–water partition coefficient (Wildman–Crippen LogP) is 3.27. The van der Waals surface area contributed by atoms with Gasteiger partial charge < -0.3 is 15.2 Å². The van der Waals surface area contributed by atoms with Crippen LogP contribution in [0.5, 0.6) is 5.75 Å². The number of benzene rings is 2. The molecule has 1 amide bonds. The van der Waals surface area contributed by atoms with Crippen molar-refractivity contribution in [2.24, 2.45) is 0 Å². The largest absolute Gasteiger partial charge is 0.493 e. The maximum Gasteiger partial charge on any atom is 0.255 e. The molecule has 3 rings (SSSR count). The Morgan fingerprint density at radius 2 is 2.09 bits per heavy atom. The van der Waals surface area contributed by atoms with Gasteiger partial charge in [-0.2, -0.15) is 0 Å². The number of fused-ring (bicyclic) bond motifs is 1. The summed E-state index contributed by atoms with van der Waals surface area (Å²) in [6.45, 7) is 2.43. The molecule has 122 valence electrons. The van der Waals surface area contributed by atoms with Crippen LogP contribution in [0.1, 0.15) is 43.0 Å². The van der Waals surface area contributed by atoms with E-state index in [1.807, 2.05) is 43.3 Å². The van der Waals surface area contributed by atoms with Gasteiger partial charge in [0.2, 0.25) is 0 Å². The number of amides is 1. The van der Waals surface area contributed by atoms with Crippen LogP contribution in [0.25, 0.3) is 10.8 Å². The van der Waals surface area contributed by atoms with E-state index in [4.69, 9.17) is 4.74 Å². The zero-order chi connectivity index (χ0) is 16.2. The quantitative estimate of drug-likeness (QED) is 0.911. The van der Waals surface area contributed by atoms with Gasteiger partial charge in [-0.3, -0.25) is 4.79 Å². The smallest absolute Gasteiger partial charge is 0.255 e. The van der Waals surface area contributed by atoms with Crippen molar-refractivity contribution in [3.8, 4) is 5.75 Å². The maximum atomic E-state index is 12.9. The molecule has 1 aliphatic rings. The highest BCUT2D eigenvalue weighted by Gasteiger charge is 2.24. The van der Waals surface area contributed by atoms with Crippen molar-refractivity contribution in [3.05, 3.63) is 42.0 Å². The molecular weight excluding hydrogens is 290 g/mol. The minimum absolute atomic E-state index is 0.0275. The van der Waals surface area contributed by atoms with E-state index < -0.39 is 0 Å². The van der Waals surface area contributed by atoms with E-state index in [9.17, 15) is 9.90 Å². The zero-order valence-electron chi connectivity index (χ0n) is 13.4. The molecule has 0 unspecified atom stereocenters. The highest BCUT2D eigenvalue weighted by Crippen LogP contribution is 2.29. The topological polar surface area (TPSA) is 58.6 Å². The second kappa shape index (κ2) is 7.01. The van der Waals surface area contributed by atoms with Crippen molar-refractivity contribution >= 4 is 16.7 Å². The van der Waals surface area contributed by atoms with Gasteiger partial charge in [0.05, 0.1) is 18.3 Å². The van der Waals surface area contributed by atoms with Crippen molar-refractivity contribution in [1.29, 1.82) is 0 Å². The molecule has 0 aliphatic heterocycles. The molecule has 1 saturated carbocycles.